The lowest BCUT2D eigenvalue weighted by Crippen LogP contribution is -2.45. The Kier molecular flexibility index (Phi) is 5.27. The third-order valence-electron chi connectivity index (χ3n) is 4.21. The summed E-state index contributed by atoms with van der Waals surface area (Å²) in [6.07, 6.45) is -4.33. The second kappa shape index (κ2) is 7.25. The molecule has 0 aliphatic carbocycles. The van der Waals surface area contributed by atoms with Gasteiger partial charge in [0.2, 0.25) is 0 Å². The Hall–Kier alpha value is -1.37. The summed E-state index contributed by atoms with van der Waals surface area (Å²) < 4.78 is 40.3. The van der Waals surface area contributed by atoms with Crippen LogP contribution in [0.15, 0.2) is 53.0 Å². The van der Waals surface area contributed by atoms with E-state index in [1.807, 2.05) is 24.3 Å². The van der Waals surface area contributed by atoms with Gasteiger partial charge < -0.3 is 5.32 Å². The molecule has 3 rings (SSSR count). The number of rotatable bonds is 3. The quantitative estimate of drug-likeness (QED) is 0.820. The number of hydrogen-bond acceptors (Lipinski definition) is 2. The van der Waals surface area contributed by atoms with E-state index in [1.165, 1.54) is 12.1 Å². The van der Waals surface area contributed by atoms with Crippen molar-refractivity contribution in [1.29, 1.82) is 0 Å². The van der Waals surface area contributed by atoms with Gasteiger partial charge in [-0.05, 0) is 35.4 Å². The van der Waals surface area contributed by atoms with Crippen molar-refractivity contribution >= 4 is 15.9 Å². The Bertz CT molecular complexity index is 697. The van der Waals surface area contributed by atoms with Crippen LogP contribution < -0.4 is 5.32 Å². The molecule has 1 atom stereocenters. The van der Waals surface area contributed by atoms with Crippen molar-refractivity contribution in [2.24, 2.45) is 0 Å². The van der Waals surface area contributed by atoms with Gasteiger partial charge in [-0.1, -0.05) is 40.2 Å². The fourth-order valence-corrected chi connectivity index (χ4v) is 3.53. The van der Waals surface area contributed by atoms with Crippen LogP contribution in [-0.2, 0) is 6.18 Å². The number of alkyl halides is 3. The molecular formula is C18H18BrF3N2. The minimum Gasteiger partial charge on any atom is -0.314 e. The summed E-state index contributed by atoms with van der Waals surface area (Å²) >= 11 is 3.46. The van der Waals surface area contributed by atoms with Crippen LogP contribution in [0.2, 0.25) is 0 Å². The molecule has 0 amide bonds. The van der Waals surface area contributed by atoms with Crippen LogP contribution >= 0.6 is 15.9 Å². The second-order valence-corrected chi connectivity index (χ2v) is 6.78. The molecule has 0 spiro atoms. The van der Waals surface area contributed by atoms with Crippen LogP contribution in [0.1, 0.15) is 22.7 Å². The van der Waals surface area contributed by atoms with Crippen LogP contribution in [0.4, 0.5) is 13.2 Å². The van der Waals surface area contributed by atoms with E-state index in [0.29, 0.717) is 5.56 Å². The van der Waals surface area contributed by atoms with Crippen molar-refractivity contribution in [2.45, 2.75) is 12.2 Å². The molecule has 1 unspecified atom stereocenters. The maximum atomic E-state index is 13.1. The molecule has 1 aliphatic heterocycles. The third kappa shape index (κ3) is 3.99. The summed E-state index contributed by atoms with van der Waals surface area (Å²) in [5.74, 6) is 0. The zero-order chi connectivity index (χ0) is 17.2. The molecule has 2 nitrogen and oxygen atoms in total. The van der Waals surface area contributed by atoms with E-state index in [9.17, 15) is 13.2 Å². The van der Waals surface area contributed by atoms with E-state index in [-0.39, 0.29) is 6.04 Å². The predicted molar refractivity (Wildman–Crippen MR) is 91.9 cm³/mol. The van der Waals surface area contributed by atoms with Gasteiger partial charge in [-0.25, -0.2) is 0 Å². The minimum absolute atomic E-state index is 0.188. The molecule has 0 aromatic heterocycles. The highest BCUT2D eigenvalue weighted by Gasteiger charge is 2.32. The first kappa shape index (κ1) is 17.5. The molecular weight excluding hydrogens is 381 g/mol. The lowest BCUT2D eigenvalue weighted by atomic mass is 9.95. The molecule has 1 saturated heterocycles. The Morgan fingerprint density at radius 3 is 2.21 bits per heavy atom. The lowest BCUT2D eigenvalue weighted by Gasteiger charge is -2.36. The molecule has 0 radical (unpaired) electrons. The average Bonchev–Trinajstić information content (AvgIpc) is 2.56. The van der Waals surface area contributed by atoms with Gasteiger partial charge in [-0.15, -0.1) is 0 Å². The van der Waals surface area contributed by atoms with E-state index in [0.717, 1.165) is 42.3 Å². The highest BCUT2D eigenvalue weighted by atomic mass is 79.9. The van der Waals surface area contributed by atoms with Crippen LogP contribution in [0.5, 0.6) is 0 Å². The number of benzene rings is 2. The van der Waals surface area contributed by atoms with E-state index >= 15 is 0 Å². The monoisotopic (exact) mass is 398 g/mol. The summed E-state index contributed by atoms with van der Waals surface area (Å²) in [4.78, 5) is 2.23. The van der Waals surface area contributed by atoms with Gasteiger partial charge in [0, 0.05) is 30.7 Å². The predicted octanol–water partition coefficient (Wildman–Crippen LogP) is 4.46. The third-order valence-corrected chi connectivity index (χ3v) is 4.70. The molecule has 2 aromatic carbocycles. The fraction of sp³-hybridized carbons (Fsp3) is 0.333. The SMILES string of the molecule is FC(F)(F)c1cccc(C(c2cccc(Br)c2)N2CCNCC2)c1. The zero-order valence-electron chi connectivity index (χ0n) is 13.0. The molecule has 0 bridgehead atoms. The maximum Gasteiger partial charge on any atom is 0.416 e. The Morgan fingerprint density at radius 2 is 1.58 bits per heavy atom. The molecule has 1 heterocycles. The molecule has 1 N–H and O–H groups in total. The van der Waals surface area contributed by atoms with Gasteiger partial charge in [0.1, 0.15) is 0 Å². The Morgan fingerprint density at radius 1 is 0.958 bits per heavy atom. The van der Waals surface area contributed by atoms with Crippen molar-refractivity contribution < 1.29 is 13.2 Å². The normalized spacial score (nSPS) is 17.7. The summed E-state index contributed by atoms with van der Waals surface area (Å²) in [6, 6.07) is 13.3. The van der Waals surface area contributed by atoms with Gasteiger partial charge in [0.15, 0.2) is 0 Å². The zero-order valence-corrected chi connectivity index (χ0v) is 14.6. The van der Waals surface area contributed by atoms with Gasteiger partial charge in [-0.3, -0.25) is 4.90 Å². The van der Waals surface area contributed by atoms with Crippen molar-refractivity contribution in [2.75, 3.05) is 26.2 Å². The molecule has 24 heavy (non-hydrogen) atoms. The van der Waals surface area contributed by atoms with Crippen molar-refractivity contribution in [3.63, 3.8) is 0 Å². The number of halogens is 4. The van der Waals surface area contributed by atoms with Crippen molar-refractivity contribution in [3.05, 3.63) is 69.7 Å². The second-order valence-electron chi connectivity index (χ2n) is 5.87. The van der Waals surface area contributed by atoms with Crippen LogP contribution in [0.25, 0.3) is 0 Å². The van der Waals surface area contributed by atoms with E-state index in [4.69, 9.17) is 0 Å². The molecule has 0 saturated carbocycles. The number of hydrogen-bond donors (Lipinski definition) is 1. The maximum absolute atomic E-state index is 13.1. The van der Waals surface area contributed by atoms with Crippen molar-refractivity contribution in [3.8, 4) is 0 Å². The summed E-state index contributed by atoms with van der Waals surface area (Å²) in [6.45, 7) is 3.27. The molecule has 1 fully saturated rings. The first-order chi connectivity index (χ1) is 11.4. The summed E-state index contributed by atoms with van der Waals surface area (Å²) in [5.41, 5.74) is 1.06. The van der Waals surface area contributed by atoms with E-state index in [2.05, 4.69) is 26.1 Å². The minimum atomic E-state index is -4.33. The van der Waals surface area contributed by atoms with Crippen molar-refractivity contribution in [1.82, 2.24) is 10.2 Å². The van der Waals surface area contributed by atoms with Crippen LogP contribution in [-0.4, -0.2) is 31.1 Å². The summed E-state index contributed by atoms with van der Waals surface area (Å²) in [7, 11) is 0. The molecule has 6 heteroatoms. The van der Waals surface area contributed by atoms with E-state index < -0.39 is 11.7 Å². The van der Waals surface area contributed by atoms with Crippen LogP contribution in [0.3, 0.4) is 0 Å². The molecule has 1 aliphatic rings. The van der Waals surface area contributed by atoms with Gasteiger partial charge in [0.05, 0.1) is 11.6 Å². The Labute approximate surface area is 147 Å². The topological polar surface area (TPSA) is 15.3 Å². The summed E-state index contributed by atoms with van der Waals surface area (Å²) in [5, 5.41) is 3.29. The lowest BCUT2D eigenvalue weighted by molar-refractivity contribution is -0.137. The van der Waals surface area contributed by atoms with E-state index in [1.54, 1.807) is 6.07 Å². The highest BCUT2D eigenvalue weighted by Crippen LogP contribution is 2.35. The first-order valence-corrected chi connectivity index (χ1v) is 8.62. The Balaban J connectivity index is 2.04. The number of piperazine rings is 1. The highest BCUT2D eigenvalue weighted by molar-refractivity contribution is 9.10. The van der Waals surface area contributed by atoms with Gasteiger partial charge in [-0.2, -0.15) is 13.2 Å². The van der Waals surface area contributed by atoms with Gasteiger partial charge in [0.25, 0.3) is 0 Å². The number of nitrogens with zero attached hydrogens (tertiary/aromatic N) is 1. The average molecular weight is 399 g/mol. The fourth-order valence-electron chi connectivity index (χ4n) is 3.12. The smallest absolute Gasteiger partial charge is 0.314 e. The largest absolute Gasteiger partial charge is 0.416 e. The van der Waals surface area contributed by atoms with Crippen LogP contribution in [0, 0.1) is 0 Å². The van der Waals surface area contributed by atoms with Gasteiger partial charge >= 0.3 is 6.18 Å². The standard InChI is InChI=1S/C18H18BrF3N2/c19-16-6-2-4-14(12-16)17(24-9-7-23-8-10-24)13-3-1-5-15(11-13)18(20,21)22/h1-6,11-12,17,23H,7-10H2. The first-order valence-electron chi connectivity index (χ1n) is 7.82. The molecule has 2 aromatic rings. The number of nitrogens with one attached hydrogen (secondary N) is 1. The molecule has 128 valence electrons.